The highest BCUT2D eigenvalue weighted by atomic mass is 79.9. The van der Waals surface area contributed by atoms with Crippen molar-refractivity contribution in [2.24, 2.45) is 0 Å². The highest BCUT2D eigenvalue weighted by Crippen LogP contribution is 2.26. The number of thiophene rings is 1. The fraction of sp³-hybridized carbons (Fsp3) is 0.294. The van der Waals surface area contributed by atoms with E-state index in [1.54, 1.807) is 17.6 Å². The Morgan fingerprint density at radius 2 is 2.08 bits per heavy atom. The third-order valence-corrected chi connectivity index (χ3v) is 6.63. The van der Waals surface area contributed by atoms with E-state index in [-0.39, 0.29) is 5.91 Å². The number of carbonyl (C=O) groups excluding carboxylic acids is 1. The van der Waals surface area contributed by atoms with Gasteiger partial charge >= 0.3 is 0 Å². The van der Waals surface area contributed by atoms with Gasteiger partial charge in [0.05, 0.1) is 20.6 Å². The van der Waals surface area contributed by atoms with Crippen LogP contribution in [0.15, 0.2) is 44.1 Å². The number of rotatable bonds is 4. The van der Waals surface area contributed by atoms with Crippen molar-refractivity contribution in [1.82, 2.24) is 14.8 Å². The number of furan rings is 1. The molecule has 0 saturated carbocycles. The van der Waals surface area contributed by atoms with E-state index in [0.29, 0.717) is 0 Å². The van der Waals surface area contributed by atoms with Crippen molar-refractivity contribution in [3.63, 3.8) is 0 Å². The topological polar surface area (TPSA) is 49.6 Å². The van der Waals surface area contributed by atoms with Crippen LogP contribution in [-0.2, 0) is 6.54 Å². The maximum atomic E-state index is 12.5. The van der Waals surface area contributed by atoms with E-state index in [4.69, 9.17) is 4.42 Å². The van der Waals surface area contributed by atoms with Crippen LogP contribution in [0, 0.1) is 0 Å². The van der Waals surface area contributed by atoms with Crippen LogP contribution in [0.25, 0.3) is 10.8 Å². The number of thiazole rings is 1. The summed E-state index contributed by atoms with van der Waals surface area (Å²) in [5.74, 6) is 0.942. The highest BCUT2D eigenvalue weighted by molar-refractivity contribution is 9.11. The Morgan fingerprint density at radius 3 is 2.76 bits per heavy atom. The van der Waals surface area contributed by atoms with Gasteiger partial charge in [-0.3, -0.25) is 9.69 Å². The van der Waals surface area contributed by atoms with Gasteiger partial charge in [0.1, 0.15) is 0 Å². The second kappa shape index (κ2) is 7.41. The molecular weight excluding hydrogens is 422 g/mol. The van der Waals surface area contributed by atoms with Crippen LogP contribution >= 0.6 is 38.6 Å². The van der Waals surface area contributed by atoms with Crippen molar-refractivity contribution in [3.05, 3.63) is 50.3 Å². The molecule has 25 heavy (non-hydrogen) atoms. The first-order chi connectivity index (χ1) is 12.2. The summed E-state index contributed by atoms with van der Waals surface area (Å²) < 4.78 is 6.39. The van der Waals surface area contributed by atoms with Crippen LogP contribution in [0.1, 0.15) is 15.4 Å². The van der Waals surface area contributed by atoms with Crippen molar-refractivity contribution in [3.8, 4) is 10.8 Å². The molecule has 1 saturated heterocycles. The second-order valence-electron chi connectivity index (χ2n) is 5.79. The fourth-order valence-corrected chi connectivity index (χ4v) is 4.95. The van der Waals surface area contributed by atoms with Crippen molar-refractivity contribution in [1.29, 1.82) is 0 Å². The molecule has 0 aromatic carbocycles. The van der Waals surface area contributed by atoms with E-state index in [1.165, 1.54) is 11.3 Å². The predicted molar refractivity (Wildman–Crippen MR) is 103 cm³/mol. The van der Waals surface area contributed by atoms with Crippen LogP contribution in [0.2, 0.25) is 0 Å². The maximum Gasteiger partial charge on any atom is 0.264 e. The fourth-order valence-electron chi connectivity index (χ4n) is 2.82. The molecule has 1 aliphatic rings. The third-order valence-electron chi connectivity index (χ3n) is 4.11. The SMILES string of the molecule is O=C(c1ccc(Br)s1)N1CCN(Cc2csc(-c3ccco3)n2)CC1. The predicted octanol–water partition coefficient (Wildman–Crippen LogP) is 4.19. The Hall–Kier alpha value is -1.48. The van der Waals surface area contributed by atoms with Crippen molar-refractivity contribution in [2.45, 2.75) is 6.54 Å². The first-order valence-electron chi connectivity index (χ1n) is 7.94. The van der Waals surface area contributed by atoms with Crippen molar-refractivity contribution >= 4 is 44.5 Å². The summed E-state index contributed by atoms with van der Waals surface area (Å²) >= 11 is 6.50. The summed E-state index contributed by atoms with van der Waals surface area (Å²) in [7, 11) is 0. The summed E-state index contributed by atoms with van der Waals surface area (Å²) in [5, 5.41) is 3.00. The van der Waals surface area contributed by atoms with E-state index in [9.17, 15) is 4.79 Å². The summed E-state index contributed by atoms with van der Waals surface area (Å²) in [6.45, 7) is 4.05. The number of aromatic nitrogens is 1. The van der Waals surface area contributed by atoms with E-state index in [0.717, 1.165) is 57.8 Å². The molecule has 3 aromatic rings. The number of hydrogen-bond acceptors (Lipinski definition) is 6. The van der Waals surface area contributed by atoms with Crippen molar-refractivity contribution < 1.29 is 9.21 Å². The zero-order valence-electron chi connectivity index (χ0n) is 13.4. The van der Waals surface area contributed by atoms with Gasteiger partial charge in [-0.2, -0.15) is 0 Å². The lowest BCUT2D eigenvalue weighted by molar-refractivity contribution is 0.0632. The molecule has 0 radical (unpaired) electrons. The van der Waals surface area contributed by atoms with Crippen LogP contribution < -0.4 is 0 Å². The molecule has 0 bridgehead atoms. The van der Waals surface area contributed by atoms with Crippen LogP contribution in [0.5, 0.6) is 0 Å². The van der Waals surface area contributed by atoms with Crippen molar-refractivity contribution in [2.75, 3.05) is 26.2 Å². The minimum Gasteiger partial charge on any atom is -0.462 e. The lowest BCUT2D eigenvalue weighted by Crippen LogP contribution is -2.48. The molecule has 1 fully saturated rings. The number of nitrogens with zero attached hydrogens (tertiary/aromatic N) is 3. The molecule has 3 aromatic heterocycles. The molecule has 8 heteroatoms. The quantitative estimate of drug-likeness (QED) is 0.613. The van der Waals surface area contributed by atoms with E-state index in [2.05, 4.69) is 31.2 Å². The molecule has 1 amide bonds. The summed E-state index contributed by atoms with van der Waals surface area (Å²) in [4.78, 5) is 22.2. The monoisotopic (exact) mass is 437 g/mol. The number of piperazine rings is 1. The number of amides is 1. The first kappa shape index (κ1) is 17.0. The molecule has 130 valence electrons. The molecule has 5 nitrogen and oxygen atoms in total. The average Bonchev–Trinajstić information content (AvgIpc) is 3.36. The van der Waals surface area contributed by atoms with Gasteiger partial charge in [0.15, 0.2) is 10.8 Å². The molecule has 4 rings (SSSR count). The van der Waals surface area contributed by atoms with Gasteiger partial charge in [0.2, 0.25) is 0 Å². The van der Waals surface area contributed by atoms with Crippen LogP contribution in [0.4, 0.5) is 0 Å². The lowest BCUT2D eigenvalue weighted by Gasteiger charge is -2.34. The first-order valence-corrected chi connectivity index (χ1v) is 10.4. The standard InChI is InChI=1S/C17H16BrN3O2S2/c18-15-4-3-14(25-15)17(22)21-7-5-20(6-8-21)10-12-11-24-16(19-12)13-2-1-9-23-13/h1-4,9,11H,5-8,10H2. The van der Waals surface area contributed by atoms with Gasteiger partial charge in [-0.05, 0) is 40.2 Å². The second-order valence-corrected chi connectivity index (χ2v) is 9.11. The van der Waals surface area contributed by atoms with Gasteiger partial charge in [-0.25, -0.2) is 4.98 Å². The zero-order chi connectivity index (χ0) is 17.2. The minimum atomic E-state index is 0.129. The molecule has 0 aliphatic carbocycles. The molecule has 0 N–H and O–H groups in total. The number of carbonyl (C=O) groups is 1. The molecule has 0 spiro atoms. The Kier molecular flexibility index (Phi) is 5.03. The molecule has 0 atom stereocenters. The van der Waals surface area contributed by atoms with Gasteiger partial charge in [0.25, 0.3) is 5.91 Å². The summed E-state index contributed by atoms with van der Waals surface area (Å²) in [6, 6.07) is 7.61. The van der Waals surface area contributed by atoms with Gasteiger partial charge < -0.3 is 9.32 Å². The Balaban J connectivity index is 1.32. The van der Waals surface area contributed by atoms with E-state index >= 15 is 0 Å². The average molecular weight is 438 g/mol. The Bertz CT molecular complexity index is 851. The van der Waals surface area contributed by atoms with Crippen LogP contribution in [-0.4, -0.2) is 46.9 Å². The third kappa shape index (κ3) is 3.87. The van der Waals surface area contributed by atoms with Crippen LogP contribution in [0.3, 0.4) is 0 Å². The van der Waals surface area contributed by atoms with Gasteiger partial charge in [0, 0.05) is 38.1 Å². The molecular formula is C17H16BrN3O2S2. The zero-order valence-corrected chi connectivity index (χ0v) is 16.6. The van der Waals surface area contributed by atoms with E-state index in [1.807, 2.05) is 29.2 Å². The van der Waals surface area contributed by atoms with Gasteiger partial charge in [-0.15, -0.1) is 22.7 Å². The smallest absolute Gasteiger partial charge is 0.264 e. The molecule has 1 aliphatic heterocycles. The van der Waals surface area contributed by atoms with Gasteiger partial charge in [-0.1, -0.05) is 0 Å². The largest absolute Gasteiger partial charge is 0.462 e. The van der Waals surface area contributed by atoms with E-state index < -0.39 is 0 Å². The Morgan fingerprint density at radius 1 is 1.24 bits per heavy atom. The Labute approximate surface area is 162 Å². The maximum absolute atomic E-state index is 12.5. The number of halogens is 1. The lowest BCUT2D eigenvalue weighted by atomic mass is 10.2. The summed E-state index contributed by atoms with van der Waals surface area (Å²) in [5.41, 5.74) is 1.05. The minimum absolute atomic E-state index is 0.129. The highest BCUT2D eigenvalue weighted by Gasteiger charge is 2.23. The summed E-state index contributed by atoms with van der Waals surface area (Å²) in [6.07, 6.45) is 1.67. The molecule has 0 unspecified atom stereocenters. The molecule has 4 heterocycles. The normalized spacial score (nSPS) is 15.6. The number of hydrogen-bond donors (Lipinski definition) is 0.